The highest BCUT2D eigenvalue weighted by molar-refractivity contribution is 8.25. The van der Waals surface area contributed by atoms with E-state index in [4.69, 9.17) is 17.5 Å². The third-order valence-electron chi connectivity index (χ3n) is 6.49. The fraction of sp³-hybridized carbons (Fsp3) is 0.571. The lowest BCUT2D eigenvalue weighted by molar-refractivity contribution is 0.303. The van der Waals surface area contributed by atoms with Crippen molar-refractivity contribution >= 4 is 43.4 Å². The van der Waals surface area contributed by atoms with Crippen molar-refractivity contribution in [3.8, 4) is 11.5 Å². The Morgan fingerprint density at radius 1 is 0.919 bits per heavy atom. The Hall–Kier alpha value is -0.813. The highest BCUT2D eigenvalue weighted by Gasteiger charge is 2.24. The Morgan fingerprint density at radius 2 is 1.43 bits per heavy atom. The van der Waals surface area contributed by atoms with Gasteiger partial charge in [-0.15, -0.1) is 11.8 Å². The van der Waals surface area contributed by atoms with Crippen LogP contribution in [0.25, 0.3) is 0 Å². The second-order valence-electron chi connectivity index (χ2n) is 9.76. The predicted molar refractivity (Wildman–Crippen MR) is 166 cm³/mol. The number of ether oxygens (including phenoxy) is 2. The lowest BCUT2D eigenvalue weighted by atomic mass is 9.78. The van der Waals surface area contributed by atoms with Crippen LogP contribution in [-0.4, -0.2) is 56.8 Å². The molecule has 0 radical (unpaired) electrons. The van der Waals surface area contributed by atoms with Crippen LogP contribution in [0.5, 0.6) is 11.5 Å². The standard InChI is InChI=1S/C28H44O5S3Si/c1-23(36(6,29)32-22-34-4)10-8-19-30-26-15-11-24(12-16-26)28(2,3)25-13-17-27(18-14-25)31-20-9-21-37(7)33-35-5/h11-18,23H,8-10,19-22H2,1-7H3/p+1/t23-/m1/s1. The largest absolute Gasteiger partial charge is 0.494 e. The van der Waals surface area contributed by atoms with Gasteiger partial charge in [-0.25, -0.2) is 0 Å². The van der Waals surface area contributed by atoms with E-state index in [1.165, 1.54) is 23.2 Å². The molecule has 5 nitrogen and oxygen atoms in total. The minimum absolute atomic E-state index is 0.118. The summed E-state index contributed by atoms with van der Waals surface area (Å²) in [6.45, 7) is 10.1. The SMILES string of the molecule is CSCOS(C)(O)[C@H](C)CCCOc1ccc(C(C)(C)c2ccc(OCCC[Si+](C)OSC)cc2)cc1. The van der Waals surface area contributed by atoms with Crippen molar-refractivity contribution in [1.82, 2.24) is 0 Å². The predicted octanol–water partition coefficient (Wildman–Crippen LogP) is 8.40. The van der Waals surface area contributed by atoms with Crippen LogP contribution in [0.4, 0.5) is 0 Å². The highest BCUT2D eigenvalue weighted by atomic mass is 32.3. The molecule has 0 aliphatic rings. The first-order chi connectivity index (χ1) is 17.6. The number of rotatable bonds is 18. The Labute approximate surface area is 237 Å². The minimum Gasteiger partial charge on any atom is -0.494 e. The summed E-state index contributed by atoms with van der Waals surface area (Å²) in [6, 6.07) is 17.9. The summed E-state index contributed by atoms with van der Waals surface area (Å²) in [5, 5.41) is 0.118. The number of hydrogen-bond acceptors (Lipinski definition) is 7. The smallest absolute Gasteiger partial charge is 0.491 e. The first kappa shape index (κ1) is 32.4. The van der Waals surface area contributed by atoms with E-state index in [1.807, 2.05) is 30.9 Å². The van der Waals surface area contributed by atoms with E-state index in [1.54, 1.807) is 11.8 Å². The van der Waals surface area contributed by atoms with Crippen LogP contribution in [0.2, 0.25) is 12.6 Å². The molecule has 2 rings (SSSR count). The average Bonchev–Trinajstić information content (AvgIpc) is 2.88. The van der Waals surface area contributed by atoms with Crippen molar-refractivity contribution in [3.63, 3.8) is 0 Å². The Balaban J connectivity index is 1.81. The molecule has 0 aromatic heterocycles. The van der Waals surface area contributed by atoms with Crippen molar-refractivity contribution in [2.75, 3.05) is 37.9 Å². The molecular formula is C28H45O5S3Si+. The lowest BCUT2D eigenvalue weighted by Gasteiger charge is -2.39. The van der Waals surface area contributed by atoms with E-state index in [2.05, 4.69) is 63.7 Å². The van der Waals surface area contributed by atoms with Gasteiger partial charge in [0.2, 0.25) is 0 Å². The van der Waals surface area contributed by atoms with Crippen LogP contribution in [0, 0.1) is 0 Å². The van der Waals surface area contributed by atoms with Gasteiger partial charge in [0.25, 0.3) is 0 Å². The summed E-state index contributed by atoms with van der Waals surface area (Å²) in [7, 11) is -2.73. The fourth-order valence-electron chi connectivity index (χ4n) is 3.84. The number of benzene rings is 2. The van der Waals surface area contributed by atoms with E-state index >= 15 is 0 Å². The van der Waals surface area contributed by atoms with Gasteiger partial charge in [-0.2, -0.15) is 14.5 Å². The van der Waals surface area contributed by atoms with Crippen molar-refractivity contribution in [3.05, 3.63) is 59.7 Å². The van der Waals surface area contributed by atoms with Crippen LogP contribution in [0.1, 0.15) is 51.2 Å². The van der Waals surface area contributed by atoms with Crippen molar-refractivity contribution < 1.29 is 22.1 Å². The molecule has 1 unspecified atom stereocenters. The van der Waals surface area contributed by atoms with Crippen molar-refractivity contribution in [2.24, 2.45) is 0 Å². The maximum absolute atomic E-state index is 10.5. The van der Waals surface area contributed by atoms with Crippen molar-refractivity contribution in [1.29, 1.82) is 0 Å². The third-order valence-corrected chi connectivity index (χ3v) is 12.2. The van der Waals surface area contributed by atoms with Crippen LogP contribution in [0.15, 0.2) is 48.5 Å². The molecule has 0 aliphatic carbocycles. The van der Waals surface area contributed by atoms with E-state index < -0.39 is 19.6 Å². The molecule has 1 N–H and O–H groups in total. The maximum Gasteiger partial charge on any atom is 0.491 e. The normalized spacial score (nSPS) is 15.0. The van der Waals surface area contributed by atoms with Gasteiger partial charge in [-0.3, -0.25) is 8.74 Å². The highest BCUT2D eigenvalue weighted by Crippen LogP contribution is 2.48. The molecule has 0 saturated carbocycles. The molecule has 2 aromatic carbocycles. The molecule has 0 heterocycles. The van der Waals surface area contributed by atoms with Gasteiger partial charge in [-0.1, -0.05) is 38.1 Å². The summed E-state index contributed by atoms with van der Waals surface area (Å²) >= 11 is 3.04. The average molecular weight is 586 g/mol. The van der Waals surface area contributed by atoms with Gasteiger partial charge < -0.3 is 9.47 Å². The summed E-state index contributed by atoms with van der Waals surface area (Å²) < 4.78 is 33.7. The zero-order chi connectivity index (χ0) is 27.3. The summed E-state index contributed by atoms with van der Waals surface area (Å²) in [6.07, 6.45) is 8.52. The molecule has 0 spiro atoms. The van der Waals surface area contributed by atoms with Crippen LogP contribution in [0.3, 0.4) is 0 Å². The van der Waals surface area contributed by atoms with Crippen LogP contribution < -0.4 is 9.47 Å². The Kier molecular flexibility index (Phi) is 14.3. The molecule has 0 aliphatic heterocycles. The fourth-order valence-corrected chi connectivity index (χ4v) is 7.95. The summed E-state index contributed by atoms with van der Waals surface area (Å²) in [5.74, 6) is 2.30. The topological polar surface area (TPSA) is 57.2 Å². The van der Waals surface area contributed by atoms with Gasteiger partial charge in [0.05, 0.1) is 25.8 Å². The van der Waals surface area contributed by atoms with E-state index in [0.29, 0.717) is 12.5 Å². The number of thioether (sulfide) groups is 1. The van der Waals surface area contributed by atoms with Gasteiger partial charge in [-0.05, 0) is 61.4 Å². The second-order valence-corrected chi connectivity index (χ2v) is 16.2. The zero-order valence-corrected chi connectivity index (χ0v) is 26.9. The molecule has 208 valence electrons. The first-order valence-corrected chi connectivity index (χ1v) is 19.4. The molecule has 37 heavy (non-hydrogen) atoms. The van der Waals surface area contributed by atoms with E-state index in [0.717, 1.165) is 43.4 Å². The first-order valence-electron chi connectivity index (χ1n) is 12.7. The maximum atomic E-state index is 10.5. The van der Waals surface area contributed by atoms with Crippen LogP contribution >= 0.6 is 34.4 Å². The number of hydrogen-bond donors (Lipinski definition) is 1. The molecule has 0 saturated heterocycles. The molecule has 0 amide bonds. The van der Waals surface area contributed by atoms with Gasteiger partial charge in [0.1, 0.15) is 17.4 Å². The molecular weight excluding hydrogens is 541 g/mol. The van der Waals surface area contributed by atoms with E-state index in [9.17, 15) is 4.55 Å². The Morgan fingerprint density at radius 3 is 1.92 bits per heavy atom. The van der Waals surface area contributed by atoms with Gasteiger partial charge in [0.15, 0.2) is 0 Å². The summed E-state index contributed by atoms with van der Waals surface area (Å²) in [4.78, 5) is 0. The molecule has 9 heteroatoms. The monoisotopic (exact) mass is 585 g/mol. The van der Waals surface area contributed by atoms with Gasteiger partial charge in [0, 0.05) is 41.6 Å². The third kappa shape index (κ3) is 11.1. The van der Waals surface area contributed by atoms with E-state index in [-0.39, 0.29) is 10.7 Å². The summed E-state index contributed by atoms with van der Waals surface area (Å²) in [5.41, 5.74) is 2.35. The zero-order valence-electron chi connectivity index (χ0n) is 23.5. The molecule has 0 fully saturated rings. The molecule has 2 aromatic rings. The van der Waals surface area contributed by atoms with Crippen molar-refractivity contribution in [2.45, 2.75) is 63.3 Å². The van der Waals surface area contributed by atoms with Gasteiger partial charge >= 0.3 is 9.04 Å². The van der Waals surface area contributed by atoms with Crippen LogP contribution in [-0.2, 0) is 13.5 Å². The second kappa shape index (κ2) is 16.3. The Bertz CT molecular complexity index is 894. The lowest BCUT2D eigenvalue weighted by Crippen LogP contribution is -2.19. The molecule has 0 bridgehead atoms. The molecule has 2 atom stereocenters. The minimum atomic E-state index is -2.02. The quantitative estimate of drug-likeness (QED) is 0.0816.